The van der Waals surface area contributed by atoms with Gasteiger partial charge < -0.3 is 25.4 Å². The Labute approximate surface area is 214 Å². The predicted molar refractivity (Wildman–Crippen MR) is 138 cm³/mol. The minimum absolute atomic E-state index is 0.00295. The van der Waals surface area contributed by atoms with Gasteiger partial charge in [-0.15, -0.1) is 0 Å². The van der Waals surface area contributed by atoms with Crippen LogP contribution in [0, 0.1) is 5.41 Å². The number of fused-ring (bicyclic) bond motifs is 1. The smallest absolute Gasteiger partial charge is 0.264 e. The lowest BCUT2D eigenvalue weighted by atomic mass is 9.73. The monoisotopic (exact) mass is 513 g/mol. The number of nitrogens with two attached hydrogens (primary N) is 1. The summed E-state index contributed by atoms with van der Waals surface area (Å²) in [6.07, 6.45) is 3.86. The fraction of sp³-hybridized carbons (Fsp3) is 0.600. The minimum atomic E-state index is -0.393. The molecule has 6 heterocycles. The van der Waals surface area contributed by atoms with E-state index in [1.807, 2.05) is 11.8 Å². The lowest BCUT2D eigenvalue weighted by Gasteiger charge is -2.41. The van der Waals surface area contributed by atoms with Crippen molar-refractivity contribution in [2.45, 2.75) is 51.0 Å². The second-order valence-electron chi connectivity index (χ2n) is 10.5. The number of halogens is 1. The van der Waals surface area contributed by atoms with Crippen molar-refractivity contribution in [2.75, 3.05) is 42.6 Å². The molecule has 0 bridgehead atoms. The number of hydrogen-bond acceptors (Lipinski definition) is 9. The van der Waals surface area contributed by atoms with E-state index in [1.54, 1.807) is 23.9 Å². The number of hydrogen-bond donors (Lipinski definition) is 2. The standard InChI is InChI=1S/C25H32ClN7O3/c1-14-21(27)25(13-36-14)5-9-32(10-6-25)24-30-17-11-29-20(18(17)23(35)31(24)2)16-3-7-28-22(19(16)26)33-8-4-15(34)12-33/h3,7,14-15,21,34H,4-6,8-13,27H2,1-2H3/t14-,15+,21+/m0/s1. The highest BCUT2D eigenvalue weighted by Gasteiger charge is 2.48. The number of rotatable bonds is 3. The maximum Gasteiger partial charge on any atom is 0.264 e. The molecule has 3 atom stereocenters. The predicted octanol–water partition coefficient (Wildman–Crippen LogP) is 1.08. The molecule has 36 heavy (non-hydrogen) atoms. The van der Waals surface area contributed by atoms with E-state index in [0.717, 1.165) is 25.9 Å². The number of ether oxygens (including phenoxy) is 1. The summed E-state index contributed by atoms with van der Waals surface area (Å²) in [5.74, 6) is 1.27. The van der Waals surface area contributed by atoms with E-state index in [2.05, 4.69) is 9.88 Å². The van der Waals surface area contributed by atoms with E-state index in [0.29, 0.717) is 72.0 Å². The summed E-state index contributed by atoms with van der Waals surface area (Å²) >= 11 is 6.78. The third-order valence-corrected chi connectivity index (χ3v) is 8.82. The van der Waals surface area contributed by atoms with Crippen molar-refractivity contribution in [3.05, 3.63) is 44.5 Å². The van der Waals surface area contributed by atoms with Gasteiger partial charge in [-0.1, -0.05) is 11.6 Å². The quantitative estimate of drug-likeness (QED) is 0.625. The maximum absolute atomic E-state index is 13.6. The third-order valence-electron chi connectivity index (χ3n) is 8.44. The molecule has 192 valence electrons. The van der Waals surface area contributed by atoms with Crippen LogP contribution in [0.25, 0.3) is 0 Å². The van der Waals surface area contributed by atoms with E-state index in [1.165, 1.54) is 0 Å². The summed E-state index contributed by atoms with van der Waals surface area (Å²) in [6.45, 7) is 5.79. The summed E-state index contributed by atoms with van der Waals surface area (Å²) in [7, 11) is 1.77. The molecule has 10 nitrogen and oxygen atoms in total. The van der Waals surface area contributed by atoms with Crippen LogP contribution >= 0.6 is 11.6 Å². The van der Waals surface area contributed by atoms with Gasteiger partial charge >= 0.3 is 0 Å². The molecule has 4 aliphatic rings. The first kappa shape index (κ1) is 23.8. The number of aliphatic imine (C=N–C) groups is 1. The fourth-order valence-corrected chi connectivity index (χ4v) is 6.44. The molecule has 0 unspecified atom stereocenters. The van der Waals surface area contributed by atoms with E-state index >= 15 is 0 Å². The molecule has 4 aliphatic heterocycles. The van der Waals surface area contributed by atoms with Crippen molar-refractivity contribution in [1.29, 1.82) is 0 Å². The van der Waals surface area contributed by atoms with Gasteiger partial charge in [0.15, 0.2) is 0 Å². The molecule has 1 spiro atoms. The number of aliphatic hydroxyl groups is 1. The van der Waals surface area contributed by atoms with Gasteiger partial charge in [0.25, 0.3) is 5.56 Å². The van der Waals surface area contributed by atoms with E-state index in [9.17, 15) is 9.90 Å². The van der Waals surface area contributed by atoms with Gasteiger partial charge in [0.1, 0.15) is 5.82 Å². The van der Waals surface area contributed by atoms with Crippen LogP contribution in [0.2, 0.25) is 5.02 Å². The Hall–Kier alpha value is -2.53. The third kappa shape index (κ3) is 3.65. The van der Waals surface area contributed by atoms with Gasteiger partial charge in [-0.2, -0.15) is 0 Å². The molecule has 3 N–H and O–H groups in total. The van der Waals surface area contributed by atoms with Crippen molar-refractivity contribution in [1.82, 2.24) is 14.5 Å². The fourth-order valence-electron chi connectivity index (χ4n) is 6.12. The first-order valence-electron chi connectivity index (χ1n) is 12.6. The largest absolute Gasteiger partial charge is 0.391 e. The highest BCUT2D eigenvalue weighted by Crippen LogP contribution is 2.42. The normalized spacial score (nSPS) is 27.1. The van der Waals surface area contributed by atoms with Crippen LogP contribution in [0.4, 0.5) is 11.8 Å². The van der Waals surface area contributed by atoms with Crippen molar-refractivity contribution >= 4 is 29.1 Å². The van der Waals surface area contributed by atoms with Crippen molar-refractivity contribution < 1.29 is 9.84 Å². The molecular formula is C25H32ClN7O3. The van der Waals surface area contributed by atoms with E-state index in [-0.39, 0.29) is 23.1 Å². The lowest BCUT2D eigenvalue weighted by Crippen LogP contribution is -2.51. The summed E-state index contributed by atoms with van der Waals surface area (Å²) in [5, 5.41) is 10.4. The zero-order valence-electron chi connectivity index (χ0n) is 20.7. The Kier molecular flexibility index (Phi) is 5.82. The molecule has 6 rings (SSSR count). The van der Waals surface area contributed by atoms with Crippen LogP contribution < -0.4 is 21.1 Å². The van der Waals surface area contributed by atoms with E-state index < -0.39 is 6.10 Å². The molecule has 3 fully saturated rings. The zero-order chi connectivity index (χ0) is 25.2. The van der Waals surface area contributed by atoms with Gasteiger partial charge in [0, 0.05) is 56.4 Å². The molecule has 0 amide bonds. The number of β-amino-alcohol motifs (C(OH)–C–C–N with tert-alkyl or cyclic N) is 1. The van der Waals surface area contributed by atoms with Gasteiger partial charge in [0.2, 0.25) is 5.95 Å². The van der Waals surface area contributed by atoms with Gasteiger partial charge in [0.05, 0.1) is 47.4 Å². The number of piperidine rings is 1. The van der Waals surface area contributed by atoms with Crippen molar-refractivity contribution in [3.8, 4) is 0 Å². The number of anilines is 2. The molecule has 0 aromatic carbocycles. The highest BCUT2D eigenvalue weighted by atomic mass is 35.5. The Morgan fingerprint density at radius 2 is 2.03 bits per heavy atom. The molecule has 3 saturated heterocycles. The van der Waals surface area contributed by atoms with Crippen LogP contribution in [0.15, 0.2) is 22.1 Å². The molecule has 2 aromatic rings. The molecule has 0 saturated carbocycles. The Morgan fingerprint density at radius 3 is 2.69 bits per heavy atom. The van der Waals surface area contributed by atoms with Crippen LogP contribution in [-0.4, -0.2) is 76.4 Å². The van der Waals surface area contributed by atoms with E-state index in [4.69, 9.17) is 32.0 Å². The van der Waals surface area contributed by atoms with Crippen LogP contribution in [0.3, 0.4) is 0 Å². The second-order valence-corrected chi connectivity index (χ2v) is 10.9. The Morgan fingerprint density at radius 1 is 1.25 bits per heavy atom. The zero-order valence-corrected chi connectivity index (χ0v) is 21.4. The van der Waals surface area contributed by atoms with Crippen LogP contribution in [0.5, 0.6) is 0 Å². The van der Waals surface area contributed by atoms with Gasteiger partial charge in [-0.3, -0.25) is 14.4 Å². The minimum Gasteiger partial charge on any atom is -0.391 e. The highest BCUT2D eigenvalue weighted by molar-refractivity contribution is 6.37. The topological polar surface area (TPSA) is 122 Å². The van der Waals surface area contributed by atoms with Crippen LogP contribution in [-0.2, 0) is 18.3 Å². The SMILES string of the molecule is C[C@@H]1OCC2(CCN(c3nc4c(c(=O)n3C)C(c3ccnc(N5CC[C@@H](O)C5)c3Cl)=NC4)CC2)[C@@H]1N. The summed E-state index contributed by atoms with van der Waals surface area (Å²) in [5.41, 5.74) is 8.74. The Bertz CT molecular complexity index is 1290. The van der Waals surface area contributed by atoms with Crippen molar-refractivity contribution in [2.24, 2.45) is 23.2 Å². The molecule has 11 heteroatoms. The average Bonchev–Trinajstić information content (AvgIpc) is 3.57. The average molecular weight is 514 g/mol. The molecule has 0 aliphatic carbocycles. The molecule has 2 aromatic heterocycles. The first-order chi connectivity index (χ1) is 17.3. The summed E-state index contributed by atoms with van der Waals surface area (Å²) in [6, 6.07) is 1.82. The lowest BCUT2D eigenvalue weighted by molar-refractivity contribution is 0.0973. The number of aliphatic hydroxyl groups excluding tert-OH is 1. The first-order valence-corrected chi connectivity index (χ1v) is 13.0. The Balaban J connectivity index is 1.29. The van der Waals surface area contributed by atoms with Gasteiger partial charge in [-0.25, -0.2) is 9.97 Å². The maximum atomic E-state index is 13.6. The van der Waals surface area contributed by atoms with Crippen molar-refractivity contribution in [3.63, 3.8) is 0 Å². The second kappa shape index (κ2) is 8.79. The number of nitrogens with zero attached hydrogens (tertiary/aromatic N) is 6. The molecular weight excluding hydrogens is 482 g/mol. The van der Waals surface area contributed by atoms with Crippen LogP contribution in [0.1, 0.15) is 43.0 Å². The summed E-state index contributed by atoms with van der Waals surface area (Å²) in [4.78, 5) is 31.8. The number of pyridine rings is 1. The number of aromatic nitrogens is 3. The van der Waals surface area contributed by atoms with Gasteiger partial charge in [-0.05, 0) is 32.3 Å². The summed E-state index contributed by atoms with van der Waals surface area (Å²) < 4.78 is 7.48. The molecule has 0 radical (unpaired) electrons.